The molecule has 0 saturated heterocycles. The van der Waals surface area contributed by atoms with E-state index < -0.39 is 4.92 Å². The van der Waals surface area contributed by atoms with Crippen LogP contribution < -0.4 is 0 Å². The Balaban J connectivity index is 2.83. The van der Waals surface area contributed by atoms with Gasteiger partial charge in [0, 0.05) is 6.08 Å². The van der Waals surface area contributed by atoms with Crippen molar-refractivity contribution in [2.24, 2.45) is 0 Å². The highest BCUT2D eigenvalue weighted by molar-refractivity contribution is 5.50. The van der Waals surface area contributed by atoms with Crippen molar-refractivity contribution in [3.8, 4) is 5.75 Å². The predicted molar refractivity (Wildman–Crippen MR) is 44.1 cm³/mol. The lowest BCUT2D eigenvalue weighted by Crippen LogP contribution is -1.81. The van der Waals surface area contributed by atoms with Crippen LogP contribution in [0.5, 0.6) is 5.75 Å². The third-order valence-electron chi connectivity index (χ3n) is 1.26. The maximum atomic E-state index is 9.91. The Bertz CT molecular complexity index is 320. The fourth-order valence-corrected chi connectivity index (χ4v) is 0.775. The van der Waals surface area contributed by atoms with Crippen LogP contribution in [-0.2, 0) is 0 Å². The van der Waals surface area contributed by atoms with E-state index >= 15 is 0 Å². The molecule has 1 N–H and O–H groups in total. The monoisotopic (exact) mass is 165 g/mol. The SMILES string of the molecule is O=[N+]([O-])/C=C\c1cccc(O)c1. The summed E-state index contributed by atoms with van der Waals surface area (Å²) in [6, 6.07) is 6.23. The molecule has 0 aromatic heterocycles. The van der Waals surface area contributed by atoms with Crippen LogP contribution in [0.4, 0.5) is 0 Å². The zero-order valence-corrected chi connectivity index (χ0v) is 6.18. The second kappa shape index (κ2) is 3.52. The normalized spacial score (nSPS) is 10.3. The van der Waals surface area contributed by atoms with Crippen LogP contribution in [0, 0.1) is 10.1 Å². The lowest BCUT2D eigenvalue weighted by molar-refractivity contribution is -0.400. The molecule has 1 rings (SSSR count). The summed E-state index contributed by atoms with van der Waals surface area (Å²) in [7, 11) is 0. The van der Waals surface area contributed by atoms with Crippen LogP contribution in [0.25, 0.3) is 6.08 Å². The van der Waals surface area contributed by atoms with Gasteiger partial charge in [-0.15, -0.1) is 0 Å². The first kappa shape index (κ1) is 8.26. The first-order chi connectivity index (χ1) is 5.68. The van der Waals surface area contributed by atoms with Crippen LogP contribution in [0.15, 0.2) is 30.5 Å². The molecule has 12 heavy (non-hydrogen) atoms. The van der Waals surface area contributed by atoms with Crippen LogP contribution >= 0.6 is 0 Å². The predicted octanol–water partition coefficient (Wildman–Crippen LogP) is 1.64. The number of aromatic hydroxyl groups is 1. The number of phenolic OH excluding ortho intramolecular Hbond substituents is 1. The van der Waals surface area contributed by atoms with Gasteiger partial charge in [0.1, 0.15) is 5.75 Å². The summed E-state index contributed by atoms with van der Waals surface area (Å²) in [5.41, 5.74) is 0.603. The van der Waals surface area contributed by atoms with E-state index in [2.05, 4.69) is 0 Å². The molecule has 0 atom stereocenters. The molecule has 0 heterocycles. The van der Waals surface area contributed by atoms with Gasteiger partial charge in [0.15, 0.2) is 0 Å². The van der Waals surface area contributed by atoms with Crippen molar-refractivity contribution in [1.82, 2.24) is 0 Å². The summed E-state index contributed by atoms with van der Waals surface area (Å²) in [6.45, 7) is 0. The number of hydrogen-bond acceptors (Lipinski definition) is 3. The summed E-state index contributed by atoms with van der Waals surface area (Å²) in [5.74, 6) is 0.0977. The smallest absolute Gasteiger partial charge is 0.235 e. The Hall–Kier alpha value is -1.84. The Morgan fingerprint density at radius 2 is 2.25 bits per heavy atom. The zero-order valence-electron chi connectivity index (χ0n) is 6.18. The van der Waals surface area contributed by atoms with Crippen molar-refractivity contribution in [1.29, 1.82) is 0 Å². The minimum Gasteiger partial charge on any atom is -0.508 e. The zero-order chi connectivity index (χ0) is 8.97. The third-order valence-corrected chi connectivity index (χ3v) is 1.26. The van der Waals surface area contributed by atoms with Crippen molar-refractivity contribution < 1.29 is 10.0 Å². The summed E-state index contributed by atoms with van der Waals surface area (Å²) < 4.78 is 0. The lowest BCUT2D eigenvalue weighted by Gasteiger charge is -1.91. The lowest BCUT2D eigenvalue weighted by atomic mass is 10.2. The fraction of sp³-hybridized carbons (Fsp3) is 0. The van der Waals surface area contributed by atoms with E-state index in [0.717, 1.165) is 6.20 Å². The third kappa shape index (κ3) is 2.42. The molecule has 0 saturated carbocycles. The van der Waals surface area contributed by atoms with E-state index in [1.807, 2.05) is 0 Å². The summed E-state index contributed by atoms with van der Waals surface area (Å²) >= 11 is 0. The minimum absolute atomic E-state index is 0.0977. The number of rotatable bonds is 2. The van der Waals surface area contributed by atoms with Crippen LogP contribution in [-0.4, -0.2) is 10.0 Å². The van der Waals surface area contributed by atoms with Crippen LogP contribution in [0.2, 0.25) is 0 Å². The highest BCUT2D eigenvalue weighted by Crippen LogP contribution is 2.11. The molecule has 4 nitrogen and oxygen atoms in total. The molecule has 0 spiro atoms. The molecule has 0 aliphatic heterocycles. The Labute approximate surface area is 68.9 Å². The van der Waals surface area contributed by atoms with Gasteiger partial charge in [-0.25, -0.2) is 0 Å². The van der Waals surface area contributed by atoms with Gasteiger partial charge >= 0.3 is 0 Å². The second-order valence-corrected chi connectivity index (χ2v) is 2.20. The summed E-state index contributed by atoms with van der Waals surface area (Å²) in [4.78, 5) is 9.36. The largest absolute Gasteiger partial charge is 0.508 e. The van der Waals surface area contributed by atoms with E-state index in [-0.39, 0.29) is 5.75 Å². The average Bonchev–Trinajstić information content (AvgIpc) is 2.01. The molecular formula is C8H7NO3. The van der Waals surface area contributed by atoms with Crippen molar-refractivity contribution in [2.75, 3.05) is 0 Å². The van der Waals surface area contributed by atoms with Crippen molar-refractivity contribution in [2.45, 2.75) is 0 Å². The van der Waals surface area contributed by atoms with Crippen LogP contribution in [0.3, 0.4) is 0 Å². The Kier molecular flexibility index (Phi) is 2.42. The van der Waals surface area contributed by atoms with Gasteiger partial charge in [0.2, 0.25) is 6.20 Å². The Morgan fingerprint density at radius 1 is 1.50 bits per heavy atom. The summed E-state index contributed by atoms with van der Waals surface area (Å²) in [6.07, 6.45) is 2.15. The maximum Gasteiger partial charge on any atom is 0.235 e. The van der Waals surface area contributed by atoms with Gasteiger partial charge in [0.25, 0.3) is 0 Å². The summed E-state index contributed by atoms with van der Waals surface area (Å²) in [5, 5.41) is 18.9. The van der Waals surface area contributed by atoms with Crippen molar-refractivity contribution in [3.63, 3.8) is 0 Å². The van der Waals surface area contributed by atoms with E-state index in [1.54, 1.807) is 12.1 Å². The number of nitro groups is 1. The standard InChI is InChI=1S/C8H7NO3/c10-8-3-1-2-7(6-8)4-5-9(11)12/h1-6,10H/b5-4-. The van der Waals surface area contributed by atoms with Gasteiger partial charge in [-0.1, -0.05) is 12.1 Å². The second-order valence-electron chi connectivity index (χ2n) is 2.20. The number of hydrogen-bond donors (Lipinski definition) is 1. The molecule has 4 heteroatoms. The molecule has 0 bridgehead atoms. The maximum absolute atomic E-state index is 9.91. The molecule has 0 aliphatic rings. The molecule has 0 unspecified atom stereocenters. The van der Waals surface area contributed by atoms with E-state index in [9.17, 15) is 10.1 Å². The van der Waals surface area contributed by atoms with Crippen molar-refractivity contribution >= 4 is 6.08 Å². The van der Waals surface area contributed by atoms with E-state index in [4.69, 9.17) is 5.11 Å². The molecule has 0 fully saturated rings. The van der Waals surface area contributed by atoms with Gasteiger partial charge < -0.3 is 5.11 Å². The molecule has 1 aromatic carbocycles. The Morgan fingerprint density at radius 3 is 2.83 bits per heavy atom. The van der Waals surface area contributed by atoms with Gasteiger partial charge in [-0.2, -0.15) is 0 Å². The fourth-order valence-electron chi connectivity index (χ4n) is 0.775. The van der Waals surface area contributed by atoms with Gasteiger partial charge in [0.05, 0.1) is 4.92 Å². The molecule has 0 radical (unpaired) electrons. The first-order valence-corrected chi connectivity index (χ1v) is 3.29. The molecule has 1 aromatic rings. The van der Waals surface area contributed by atoms with E-state index in [0.29, 0.717) is 5.56 Å². The van der Waals surface area contributed by atoms with Gasteiger partial charge in [-0.05, 0) is 17.7 Å². The quantitative estimate of drug-likeness (QED) is 0.535. The van der Waals surface area contributed by atoms with E-state index in [1.165, 1.54) is 18.2 Å². The number of nitrogens with zero attached hydrogens (tertiary/aromatic N) is 1. The minimum atomic E-state index is -0.552. The van der Waals surface area contributed by atoms with Crippen LogP contribution in [0.1, 0.15) is 5.56 Å². The van der Waals surface area contributed by atoms with Crippen molar-refractivity contribution in [3.05, 3.63) is 46.1 Å². The highest BCUT2D eigenvalue weighted by Gasteiger charge is 1.91. The van der Waals surface area contributed by atoms with Gasteiger partial charge in [-0.3, -0.25) is 10.1 Å². The molecule has 62 valence electrons. The molecular weight excluding hydrogens is 158 g/mol. The highest BCUT2D eigenvalue weighted by atomic mass is 16.6. The number of benzene rings is 1. The topological polar surface area (TPSA) is 63.4 Å². The number of phenols is 1. The molecule has 0 aliphatic carbocycles. The molecule has 0 amide bonds. The average molecular weight is 165 g/mol. The first-order valence-electron chi connectivity index (χ1n) is 3.29.